The summed E-state index contributed by atoms with van der Waals surface area (Å²) in [5.74, 6) is -4.45. The molecule has 0 saturated heterocycles. The second kappa shape index (κ2) is 4.48. The Morgan fingerprint density at radius 1 is 1.29 bits per heavy atom. The van der Waals surface area contributed by atoms with E-state index in [2.05, 4.69) is 9.72 Å². The van der Waals surface area contributed by atoms with Gasteiger partial charge in [-0.25, -0.2) is 9.78 Å². The van der Waals surface area contributed by atoms with Crippen LogP contribution in [0.3, 0.4) is 0 Å². The maximum absolute atomic E-state index is 13.1. The number of carbonyl (C=O) groups is 2. The molecule has 0 radical (unpaired) electrons. The highest BCUT2D eigenvalue weighted by Crippen LogP contribution is 2.28. The van der Waals surface area contributed by atoms with Crippen molar-refractivity contribution in [1.29, 1.82) is 0 Å². The number of ketones is 1. The van der Waals surface area contributed by atoms with Crippen molar-refractivity contribution in [2.75, 3.05) is 7.11 Å². The van der Waals surface area contributed by atoms with E-state index in [4.69, 9.17) is 0 Å². The van der Waals surface area contributed by atoms with Crippen LogP contribution in [0.4, 0.5) is 17.6 Å². The molecule has 1 aromatic rings. The lowest BCUT2D eigenvalue weighted by Gasteiger charge is -2.06. The zero-order valence-electron chi connectivity index (χ0n) is 8.34. The summed E-state index contributed by atoms with van der Waals surface area (Å²) >= 11 is 0. The third kappa shape index (κ3) is 2.77. The molecule has 4 nitrogen and oxygen atoms in total. The number of hydrogen-bond donors (Lipinski definition) is 0. The number of Topliss-reactive ketones (excluding diaryl/α,β-unsaturated/α-hetero) is 1. The summed E-state index contributed by atoms with van der Waals surface area (Å²) in [4.78, 5) is 24.4. The Morgan fingerprint density at radius 2 is 1.88 bits per heavy atom. The van der Waals surface area contributed by atoms with Gasteiger partial charge in [-0.05, 0) is 12.1 Å². The fourth-order valence-electron chi connectivity index (χ4n) is 0.964. The lowest BCUT2D eigenvalue weighted by molar-refractivity contribution is -0.141. The van der Waals surface area contributed by atoms with Crippen molar-refractivity contribution < 1.29 is 31.9 Å². The van der Waals surface area contributed by atoms with Gasteiger partial charge in [0.15, 0.2) is 0 Å². The number of rotatable bonds is 2. The molecule has 0 spiro atoms. The van der Waals surface area contributed by atoms with Gasteiger partial charge in [-0.1, -0.05) is 0 Å². The molecule has 0 aliphatic carbocycles. The number of alkyl halides is 3. The largest absolute Gasteiger partial charge is 0.463 e. The van der Waals surface area contributed by atoms with Crippen molar-refractivity contribution in [1.82, 2.24) is 4.98 Å². The van der Waals surface area contributed by atoms with E-state index in [1.54, 1.807) is 0 Å². The summed E-state index contributed by atoms with van der Waals surface area (Å²) in [6.45, 7) is 0. The first-order valence-corrected chi connectivity index (χ1v) is 4.13. The lowest BCUT2D eigenvalue weighted by atomic mass is 10.1. The van der Waals surface area contributed by atoms with Gasteiger partial charge in [0.25, 0.3) is 5.78 Å². The normalized spacial score (nSPS) is 11.1. The molecule has 0 aliphatic heterocycles. The van der Waals surface area contributed by atoms with Crippen molar-refractivity contribution in [2.24, 2.45) is 0 Å². The van der Waals surface area contributed by atoms with E-state index < -0.39 is 35.1 Å². The van der Waals surface area contributed by atoms with Crippen LogP contribution in [-0.4, -0.2) is 23.8 Å². The van der Waals surface area contributed by atoms with Gasteiger partial charge in [0, 0.05) is 0 Å². The molecule has 0 aliphatic rings. The maximum atomic E-state index is 13.1. The Kier molecular flexibility index (Phi) is 3.45. The minimum Gasteiger partial charge on any atom is -0.463 e. The van der Waals surface area contributed by atoms with E-state index >= 15 is 0 Å². The van der Waals surface area contributed by atoms with Gasteiger partial charge in [0.2, 0.25) is 5.95 Å². The summed E-state index contributed by atoms with van der Waals surface area (Å²) in [7, 11) is 0.885. The number of carbonyl (C=O) groups excluding carboxylic acids is 2. The van der Waals surface area contributed by atoms with Crippen molar-refractivity contribution in [2.45, 2.75) is 6.18 Å². The second-order valence-corrected chi connectivity index (χ2v) is 2.85. The smallest absolute Gasteiger partial charge is 0.433 e. The van der Waals surface area contributed by atoms with Gasteiger partial charge >= 0.3 is 12.1 Å². The Balaban J connectivity index is 3.15. The van der Waals surface area contributed by atoms with Crippen LogP contribution in [0.2, 0.25) is 0 Å². The molecule has 92 valence electrons. The molecule has 0 bridgehead atoms. The number of methoxy groups -OCH3 is 1. The van der Waals surface area contributed by atoms with E-state index in [0.29, 0.717) is 12.1 Å². The quantitative estimate of drug-likeness (QED) is 0.263. The molecule has 0 atom stereocenters. The molecular formula is C9H5F4NO3. The topological polar surface area (TPSA) is 56.3 Å². The van der Waals surface area contributed by atoms with Crippen molar-refractivity contribution in [3.63, 3.8) is 0 Å². The van der Waals surface area contributed by atoms with E-state index in [1.807, 2.05) is 0 Å². The summed E-state index contributed by atoms with van der Waals surface area (Å²) in [6, 6.07) is 0.934. The second-order valence-electron chi connectivity index (χ2n) is 2.85. The first-order valence-electron chi connectivity index (χ1n) is 4.13. The number of ether oxygens (including phenoxy) is 1. The Hall–Kier alpha value is -1.99. The third-order valence-electron chi connectivity index (χ3n) is 1.75. The average molecular weight is 251 g/mol. The van der Waals surface area contributed by atoms with Crippen LogP contribution >= 0.6 is 0 Å². The lowest BCUT2D eigenvalue weighted by Crippen LogP contribution is -2.19. The number of pyridine rings is 1. The first kappa shape index (κ1) is 13.1. The minimum atomic E-state index is -4.83. The number of esters is 1. The molecule has 0 unspecified atom stereocenters. The molecule has 0 fully saturated rings. The molecular weight excluding hydrogens is 246 g/mol. The van der Waals surface area contributed by atoms with Crippen LogP contribution in [0.5, 0.6) is 0 Å². The Morgan fingerprint density at radius 3 is 2.29 bits per heavy atom. The predicted octanol–water partition coefficient (Wildman–Crippen LogP) is 1.60. The fourth-order valence-corrected chi connectivity index (χ4v) is 0.964. The van der Waals surface area contributed by atoms with Crippen LogP contribution in [0.1, 0.15) is 16.1 Å². The predicted molar refractivity (Wildman–Crippen MR) is 45.5 cm³/mol. The molecule has 8 heteroatoms. The zero-order chi connectivity index (χ0) is 13.2. The molecule has 17 heavy (non-hydrogen) atoms. The van der Waals surface area contributed by atoms with E-state index in [9.17, 15) is 27.2 Å². The molecule has 0 amide bonds. The van der Waals surface area contributed by atoms with Crippen LogP contribution in [0, 0.1) is 5.95 Å². The molecule has 1 aromatic heterocycles. The third-order valence-corrected chi connectivity index (χ3v) is 1.75. The fraction of sp³-hybridized carbons (Fsp3) is 0.222. The van der Waals surface area contributed by atoms with E-state index in [0.717, 1.165) is 7.11 Å². The van der Waals surface area contributed by atoms with Crippen LogP contribution in [-0.2, 0) is 15.7 Å². The molecule has 0 N–H and O–H groups in total. The van der Waals surface area contributed by atoms with Crippen LogP contribution < -0.4 is 0 Å². The molecule has 1 rings (SSSR count). The van der Waals surface area contributed by atoms with Gasteiger partial charge in [-0.15, -0.1) is 0 Å². The van der Waals surface area contributed by atoms with Crippen molar-refractivity contribution in [3.8, 4) is 0 Å². The molecule has 0 saturated carbocycles. The molecule has 0 aromatic carbocycles. The van der Waals surface area contributed by atoms with Crippen LogP contribution in [0.25, 0.3) is 0 Å². The summed E-state index contributed by atoms with van der Waals surface area (Å²) in [5.41, 5.74) is -2.36. The van der Waals surface area contributed by atoms with E-state index in [-0.39, 0.29) is 0 Å². The van der Waals surface area contributed by atoms with Gasteiger partial charge < -0.3 is 4.74 Å². The Labute approximate surface area is 92.2 Å². The highest BCUT2D eigenvalue weighted by atomic mass is 19.4. The average Bonchev–Trinajstić information content (AvgIpc) is 2.25. The number of hydrogen-bond acceptors (Lipinski definition) is 4. The van der Waals surface area contributed by atoms with Gasteiger partial charge in [-0.3, -0.25) is 4.79 Å². The summed E-state index contributed by atoms with van der Waals surface area (Å²) < 4.78 is 53.5. The van der Waals surface area contributed by atoms with Gasteiger partial charge in [0.05, 0.1) is 12.7 Å². The summed E-state index contributed by atoms with van der Waals surface area (Å²) in [5, 5.41) is 0. The standard InChI is InChI=1S/C9H5F4NO3/c1-17-8(16)6(15)4-2-3-5(9(11,12)13)14-7(4)10/h2-3H,1H3. The maximum Gasteiger partial charge on any atom is 0.433 e. The van der Waals surface area contributed by atoms with Gasteiger partial charge in [0.1, 0.15) is 5.69 Å². The summed E-state index contributed by atoms with van der Waals surface area (Å²) in [6.07, 6.45) is -4.83. The van der Waals surface area contributed by atoms with Gasteiger partial charge in [-0.2, -0.15) is 17.6 Å². The monoisotopic (exact) mass is 251 g/mol. The van der Waals surface area contributed by atoms with Crippen molar-refractivity contribution >= 4 is 11.8 Å². The Bertz CT molecular complexity index is 470. The minimum absolute atomic E-state index is 0.402. The first-order chi connectivity index (χ1) is 7.77. The SMILES string of the molecule is COC(=O)C(=O)c1ccc(C(F)(F)F)nc1F. The zero-order valence-corrected chi connectivity index (χ0v) is 8.34. The molecule has 1 heterocycles. The number of nitrogens with zero attached hydrogens (tertiary/aromatic N) is 1. The highest BCUT2D eigenvalue weighted by molar-refractivity contribution is 6.40. The number of halogens is 4. The van der Waals surface area contributed by atoms with E-state index in [1.165, 1.54) is 0 Å². The number of aromatic nitrogens is 1. The van der Waals surface area contributed by atoms with Crippen molar-refractivity contribution in [3.05, 3.63) is 29.3 Å². The highest BCUT2D eigenvalue weighted by Gasteiger charge is 2.34. The van der Waals surface area contributed by atoms with Crippen LogP contribution in [0.15, 0.2) is 12.1 Å².